The molecular formula is C11H18N2O4S. The maximum Gasteiger partial charge on any atom is 0.325 e. The van der Waals surface area contributed by atoms with Gasteiger partial charge in [0.2, 0.25) is 11.8 Å². The molecule has 1 aliphatic rings. The number of nitrogens with one attached hydrogen (secondary N) is 1. The lowest BCUT2D eigenvalue weighted by Gasteiger charge is -2.24. The number of carboxylic acids is 1. The fraction of sp³-hybridized carbons (Fsp3) is 0.727. The monoisotopic (exact) mass is 274 g/mol. The van der Waals surface area contributed by atoms with Crippen molar-refractivity contribution in [2.24, 2.45) is 0 Å². The molecule has 0 radical (unpaired) electrons. The summed E-state index contributed by atoms with van der Waals surface area (Å²) >= 11 is 3.99. The van der Waals surface area contributed by atoms with Crippen LogP contribution in [0, 0.1) is 0 Å². The van der Waals surface area contributed by atoms with Crippen molar-refractivity contribution in [3.63, 3.8) is 0 Å². The lowest BCUT2D eigenvalue weighted by Crippen LogP contribution is -2.50. The average Bonchev–Trinajstić information content (AvgIpc) is 2.77. The first kappa shape index (κ1) is 14.8. The van der Waals surface area contributed by atoms with Gasteiger partial charge < -0.3 is 15.3 Å². The molecule has 0 aromatic carbocycles. The van der Waals surface area contributed by atoms with Gasteiger partial charge in [-0.1, -0.05) is 0 Å². The third kappa shape index (κ3) is 3.63. The minimum atomic E-state index is -1.09. The summed E-state index contributed by atoms with van der Waals surface area (Å²) in [7, 11) is 0. The number of carbonyl (C=O) groups excluding carboxylic acids is 2. The smallest absolute Gasteiger partial charge is 0.325 e. The Morgan fingerprint density at radius 2 is 2.17 bits per heavy atom. The number of aliphatic carboxylic acids is 1. The summed E-state index contributed by atoms with van der Waals surface area (Å²) < 4.78 is 0. The fourth-order valence-electron chi connectivity index (χ4n) is 1.95. The SMILES string of the molecule is CC(NC(=O)C1CCCN1C(=O)CCS)C(=O)O. The highest BCUT2D eigenvalue weighted by Crippen LogP contribution is 2.18. The average molecular weight is 274 g/mol. The van der Waals surface area contributed by atoms with Gasteiger partial charge in [-0.15, -0.1) is 0 Å². The minimum Gasteiger partial charge on any atom is -0.480 e. The molecule has 0 saturated carbocycles. The van der Waals surface area contributed by atoms with Crippen LogP contribution in [0.3, 0.4) is 0 Å². The normalized spacial score (nSPS) is 20.6. The van der Waals surface area contributed by atoms with Gasteiger partial charge in [-0.3, -0.25) is 14.4 Å². The van der Waals surface area contributed by atoms with Crippen LogP contribution < -0.4 is 5.32 Å². The van der Waals surface area contributed by atoms with Crippen molar-refractivity contribution in [1.82, 2.24) is 10.2 Å². The van der Waals surface area contributed by atoms with Crippen LogP contribution in [0.5, 0.6) is 0 Å². The first-order chi connectivity index (χ1) is 8.47. The number of nitrogens with zero attached hydrogens (tertiary/aromatic N) is 1. The van der Waals surface area contributed by atoms with E-state index in [9.17, 15) is 14.4 Å². The molecule has 1 heterocycles. The van der Waals surface area contributed by atoms with E-state index in [0.29, 0.717) is 25.1 Å². The Bertz CT molecular complexity index is 348. The molecule has 6 nitrogen and oxygen atoms in total. The second kappa shape index (κ2) is 6.63. The van der Waals surface area contributed by atoms with E-state index in [1.165, 1.54) is 11.8 Å². The van der Waals surface area contributed by atoms with Crippen LogP contribution in [0.1, 0.15) is 26.2 Å². The summed E-state index contributed by atoms with van der Waals surface area (Å²) in [5, 5.41) is 11.1. The van der Waals surface area contributed by atoms with E-state index in [0.717, 1.165) is 6.42 Å². The second-order valence-corrected chi connectivity index (χ2v) is 4.73. The van der Waals surface area contributed by atoms with Gasteiger partial charge >= 0.3 is 5.97 Å². The third-order valence-corrected chi connectivity index (χ3v) is 3.15. The third-order valence-electron chi connectivity index (χ3n) is 2.93. The van der Waals surface area contributed by atoms with Crippen molar-refractivity contribution in [2.75, 3.05) is 12.3 Å². The molecule has 0 bridgehead atoms. The van der Waals surface area contributed by atoms with E-state index in [-0.39, 0.29) is 5.91 Å². The van der Waals surface area contributed by atoms with E-state index in [1.807, 2.05) is 0 Å². The van der Waals surface area contributed by atoms with Crippen LogP contribution in [-0.2, 0) is 14.4 Å². The van der Waals surface area contributed by atoms with Gasteiger partial charge in [0.1, 0.15) is 12.1 Å². The molecule has 1 saturated heterocycles. The van der Waals surface area contributed by atoms with Gasteiger partial charge in [-0.2, -0.15) is 12.6 Å². The molecule has 0 aliphatic carbocycles. The maximum atomic E-state index is 11.9. The van der Waals surface area contributed by atoms with E-state index in [4.69, 9.17) is 5.11 Å². The number of carboxylic acid groups (broad SMARTS) is 1. The zero-order valence-corrected chi connectivity index (χ0v) is 11.2. The molecule has 1 fully saturated rings. The Morgan fingerprint density at radius 1 is 1.50 bits per heavy atom. The van der Waals surface area contributed by atoms with Crippen molar-refractivity contribution >= 4 is 30.4 Å². The number of hydrogen-bond donors (Lipinski definition) is 3. The summed E-state index contributed by atoms with van der Waals surface area (Å²) in [6.45, 7) is 1.95. The van der Waals surface area contributed by atoms with E-state index in [1.54, 1.807) is 0 Å². The Labute approximate surface area is 111 Å². The zero-order chi connectivity index (χ0) is 13.7. The summed E-state index contributed by atoms with van der Waals surface area (Å²) in [5.41, 5.74) is 0. The van der Waals surface area contributed by atoms with Crippen LogP contribution in [0.4, 0.5) is 0 Å². The molecule has 2 atom stereocenters. The van der Waals surface area contributed by atoms with Gasteiger partial charge in [0.15, 0.2) is 0 Å². The fourth-order valence-corrected chi connectivity index (χ4v) is 2.14. The minimum absolute atomic E-state index is 0.106. The molecule has 2 unspecified atom stereocenters. The second-order valence-electron chi connectivity index (χ2n) is 4.29. The standard InChI is InChI=1S/C11H18N2O4S/c1-7(11(16)17)12-10(15)8-3-2-5-13(8)9(14)4-6-18/h7-8,18H,2-6H2,1H3,(H,12,15)(H,16,17). The van der Waals surface area contributed by atoms with Gasteiger partial charge in [0, 0.05) is 13.0 Å². The van der Waals surface area contributed by atoms with Crippen LogP contribution in [0.15, 0.2) is 0 Å². The number of thiol groups is 1. The number of carbonyl (C=O) groups is 3. The van der Waals surface area contributed by atoms with E-state index < -0.39 is 24.0 Å². The largest absolute Gasteiger partial charge is 0.480 e. The molecule has 0 spiro atoms. The lowest BCUT2D eigenvalue weighted by atomic mass is 10.2. The first-order valence-electron chi connectivity index (χ1n) is 5.91. The number of hydrogen-bond acceptors (Lipinski definition) is 4. The lowest BCUT2D eigenvalue weighted by molar-refractivity contribution is -0.143. The van der Waals surface area contributed by atoms with Gasteiger partial charge in [0.25, 0.3) is 0 Å². The molecule has 7 heteroatoms. The topological polar surface area (TPSA) is 86.7 Å². The molecule has 1 rings (SSSR count). The predicted molar refractivity (Wildman–Crippen MR) is 68.4 cm³/mol. The highest BCUT2D eigenvalue weighted by molar-refractivity contribution is 7.80. The van der Waals surface area contributed by atoms with E-state index >= 15 is 0 Å². The van der Waals surface area contributed by atoms with Crippen molar-refractivity contribution in [1.29, 1.82) is 0 Å². The van der Waals surface area contributed by atoms with Crippen LogP contribution in [-0.4, -0.2) is 52.2 Å². The molecule has 2 amide bonds. The molecule has 2 N–H and O–H groups in total. The summed E-state index contributed by atoms with van der Waals surface area (Å²) in [4.78, 5) is 35.8. The van der Waals surface area contributed by atoms with Crippen molar-refractivity contribution in [3.05, 3.63) is 0 Å². The summed E-state index contributed by atoms with van der Waals surface area (Å²) in [6.07, 6.45) is 1.63. The van der Waals surface area contributed by atoms with Gasteiger partial charge in [-0.05, 0) is 25.5 Å². The van der Waals surface area contributed by atoms with Gasteiger partial charge in [-0.25, -0.2) is 0 Å². The van der Waals surface area contributed by atoms with Crippen molar-refractivity contribution in [3.8, 4) is 0 Å². The Kier molecular flexibility index (Phi) is 5.46. The summed E-state index contributed by atoms with van der Waals surface area (Å²) in [6, 6.07) is -1.49. The predicted octanol–water partition coefficient (Wildman–Crippen LogP) is -0.113. The van der Waals surface area contributed by atoms with E-state index in [2.05, 4.69) is 17.9 Å². The van der Waals surface area contributed by atoms with Crippen LogP contribution in [0.25, 0.3) is 0 Å². The first-order valence-corrected chi connectivity index (χ1v) is 6.54. The highest BCUT2D eigenvalue weighted by atomic mass is 32.1. The zero-order valence-electron chi connectivity index (χ0n) is 10.3. The van der Waals surface area contributed by atoms with Crippen LogP contribution in [0.2, 0.25) is 0 Å². The van der Waals surface area contributed by atoms with Gasteiger partial charge in [0.05, 0.1) is 0 Å². The van der Waals surface area contributed by atoms with Crippen LogP contribution >= 0.6 is 12.6 Å². The number of rotatable bonds is 5. The quantitative estimate of drug-likeness (QED) is 0.610. The molecule has 1 aliphatic heterocycles. The molecule has 102 valence electrons. The Balaban J connectivity index is 2.61. The molecule has 18 heavy (non-hydrogen) atoms. The number of likely N-dealkylation sites (tertiary alicyclic amines) is 1. The molecule has 0 aromatic rings. The van der Waals surface area contributed by atoms with Crippen molar-refractivity contribution in [2.45, 2.75) is 38.3 Å². The maximum absolute atomic E-state index is 11.9. The molecule has 0 aromatic heterocycles. The Morgan fingerprint density at radius 3 is 2.72 bits per heavy atom. The Hall–Kier alpha value is -1.24. The van der Waals surface area contributed by atoms with Crippen molar-refractivity contribution < 1.29 is 19.5 Å². The number of amides is 2. The summed E-state index contributed by atoms with van der Waals surface area (Å²) in [5.74, 6) is -1.15. The highest BCUT2D eigenvalue weighted by Gasteiger charge is 2.34. The molecular weight excluding hydrogens is 256 g/mol.